The van der Waals surface area contributed by atoms with Crippen LogP contribution in [0.15, 0.2) is 90.3 Å². The molecule has 8 N–H and O–H groups in total. The molecule has 0 aliphatic heterocycles. The summed E-state index contributed by atoms with van der Waals surface area (Å²) < 4.78 is 0. The Bertz CT molecular complexity index is 1220. The van der Waals surface area contributed by atoms with Crippen molar-refractivity contribution in [3.63, 3.8) is 0 Å². The molecule has 0 amide bonds. The molecule has 3 aromatic rings. The van der Waals surface area contributed by atoms with E-state index in [2.05, 4.69) is 4.90 Å². The first-order chi connectivity index (χ1) is 14.9. The molecule has 0 spiro atoms. The van der Waals surface area contributed by atoms with E-state index in [1.807, 2.05) is 61.6 Å². The smallest absolute Gasteiger partial charge is 0.0896 e. The van der Waals surface area contributed by atoms with Crippen molar-refractivity contribution < 1.29 is 0 Å². The second-order valence-electron chi connectivity index (χ2n) is 7.39. The van der Waals surface area contributed by atoms with Crippen molar-refractivity contribution >= 4 is 39.6 Å². The van der Waals surface area contributed by atoms with Gasteiger partial charge in [0.1, 0.15) is 0 Å². The van der Waals surface area contributed by atoms with Crippen molar-refractivity contribution in [1.82, 2.24) is 0 Å². The molecule has 0 saturated carbocycles. The van der Waals surface area contributed by atoms with E-state index in [9.17, 15) is 0 Å². The number of benzene rings is 3. The van der Waals surface area contributed by atoms with Crippen LogP contribution in [0, 0.1) is 10.8 Å². The molecule has 0 atom stereocenters. The Balaban J connectivity index is 1.73. The molecule has 1 aliphatic carbocycles. The van der Waals surface area contributed by atoms with Gasteiger partial charge in [-0.3, -0.25) is 10.8 Å². The number of hydrogen-bond donors (Lipinski definition) is 5. The van der Waals surface area contributed by atoms with Gasteiger partial charge >= 0.3 is 0 Å². The van der Waals surface area contributed by atoms with E-state index in [0.717, 1.165) is 16.9 Å². The molecule has 0 aromatic heterocycles. The Morgan fingerprint density at radius 1 is 0.581 bits per heavy atom. The van der Waals surface area contributed by atoms with Crippen LogP contribution in [0.25, 0.3) is 11.1 Å². The van der Waals surface area contributed by atoms with Crippen molar-refractivity contribution in [2.75, 3.05) is 17.7 Å². The predicted octanol–water partition coefficient (Wildman–Crippen LogP) is 4.13. The normalized spacial score (nSPS) is 14.2. The number of nitrogen functional groups attached to an aromatic ring is 1. The Kier molecular flexibility index (Phi) is 5.05. The lowest BCUT2D eigenvalue weighted by molar-refractivity contribution is 1.21. The molecule has 3 aromatic carbocycles. The SMILES string of the molecule is CN(c1ccccc1)c1ccc(C2=C(N)C(N)=C(c3ccc(N)cc3)C(=N)C2=N)cc1. The molecule has 1 aliphatic rings. The van der Waals surface area contributed by atoms with Crippen LogP contribution in [0.2, 0.25) is 0 Å². The van der Waals surface area contributed by atoms with E-state index in [0.29, 0.717) is 33.8 Å². The van der Waals surface area contributed by atoms with Gasteiger partial charge in [0, 0.05) is 35.3 Å². The molecule has 0 heterocycles. The minimum absolute atomic E-state index is 0.0388. The van der Waals surface area contributed by atoms with E-state index >= 15 is 0 Å². The van der Waals surface area contributed by atoms with Crippen molar-refractivity contribution in [3.8, 4) is 0 Å². The third-order valence-electron chi connectivity index (χ3n) is 5.46. The second kappa shape index (κ2) is 7.84. The number of allylic oxidation sites excluding steroid dienone is 2. The first-order valence-corrected chi connectivity index (χ1v) is 9.81. The van der Waals surface area contributed by atoms with Gasteiger partial charge < -0.3 is 22.1 Å². The van der Waals surface area contributed by atoms with Gasteiger partial charge in [-0.2, -0.15) is 0 Å². The molecule has 6 heteroatoms. The van der Waals surface area contributed by atoms with Crippen molar-refractivity contribution in [1.29, 1.82) is 10.8 Å². The molecule has 0 saturated heterocycles. The molecule has 6 nitrogen and oxygen atoms in total. The van der Waals surface area contributed by atoms with Crippen LogP contribution >= 0.6 is 0 Å². The van der Waals surface area contributed by atoms with Gasteiger partial charge in [-0.05, 0) is 47.5 Å². The number of nitrogens with two attached hydrogens (primary N) is 3. The average molecular weight is 409 g/mol. The molecule has 0 unspecified atom stereocenters. The molecule has 31 heavy (non-hydrogen) atoms. The topological polar surface area (TPSA) is 129 Å². The lowest BCUT2D eigenvalue weighted by atomic mass is 9.83. The lowest BCUT2D eigenvalue weighted by Crippen LogP contribution is -2.29. The summed E-state index contributed by atoms with van der Waals surface area (Å²) in [5.74, 6) is 0. The summed E-state index contributed by atoms with van der Waals surface area (Å²) in [5.41, 5.74) is 24.2. The van der Waals surface area contributed by atoms with Gasteiger partial charge in [-0.15, -0.1) is 0 Å². The highest BCUT2D eigenvalue weighted by Crippen LogP contribution is 2.34. The third kappa shape index (κ3) is 3.55. The zero-order chi connectivity index (χ0) is 22.1. The van der Waals surface area contributed by atoms with Gasteiger partial charge in [-0.1, -0.05) is 42.5 Å². The van der Waals surface area contributed by atoms with Crippen molar-refractivity contribution in [2.24, 2.45) is 11.5 Å². The maximum absolute atomic E-state index is 8.62. The predicted molar refractivity (Wildman–Crippen MR) is 129 cm³/mol. The minimum Gasteiger partial charge on any atom is -0.399 e. The highest BCUT2D eigenvalue weighted by Gasteiger charge is 2.29. The maximum atomic E-state index is 8.62. The molecular formula is C25H24N6. The quantitative estimate of drug-likeness (QED) is 0.328. The third-order valence-corrected chi connectivity index (χ3v) is 5.46. The summed E-state index contributed by atoms with van der Waals surface area (Å²) in [4.78, 5) is 2.07. The maximum Gasteiger partial charge on any atom is 0.0896 e. The Labute approximate surface area is 181 Å². The summed E-state index contributed by atoms with van der Waals surface area (Å²) >= 11 is 0. The Hall–Kier alpha value is -4.32. The Morgan fingerprint density at radius 3 is 1.48 bits per heavy atom. The van der Waals surface area contributed by atoms with Crippen LogP contribution in [0.3, 0.4) is 0 Å². The Morgan fingerprint density at radius 2 is 1.00 bits per heavy atom. The van der Waals surface area contributed by atoms with Crippen LogP contribution in [-0.4, -0.2) is 18.5 Å². The number of para-hydroxylation sites is 1. The first kappa shape index (κ1) is 20.0. The monoisotopic (exact) mass is 408 g/mol. The van der Waals surface area contributed by atoms with Gasteiger partial charge in [0.2, 0.25) is 0 Å². The first-order valence-electron chi connectivity index (χ1n) is 9.81. The summed E-state index contributed by atoms with van der Waals surface area (Å²) in [6.45, 7) is 0. The number of anilines is 3. The number of hydrogen-bond acceptors (Lipinski definition) is 6. The fourth-order valence-electron chi connectivity index (χ4n) is 3.69. The standard InChI is InChI=1S/C25H24N6/c1-31(18-5-3-2-4-6-18)19-13-9-16(10-14-19)21-24(29)22(27)20(23(28)25(21)30)15-7-11-17(26)12-8-15/h2-14,27,29H,26,28,30H2,1H3. The summed E-state index contributed by atoms with van der Waals surface area (Å²) in [6, 6.07) is 24.8. The van der Waals surface area contributed by atoms with Crippen LogP contribution in [0.5, 0.6) is 0 Å². The molecule has 0 fully saturated rings. The van der Waals surface area contributed by atoms with Gasteiger partial charge in [0.15, 0.2) is 0 Å². The molecule has 0 radical (unpaired) electrons. The summed E-state index contributed by atoms with van der Waals surface area (Å²) in [5, 5.41) is 17.2. The lowest BCUT2D eigenvalue weighted by Gasteiger charge is -2.25. The highest BCUT2D eigenvalue weighted by atomic mass is 15.1. The number of nitrogens with one attached hydrogen (secondary N) is 2. The van der Waals surface area contributed by atoms with Crippen LogP contribution in [0.4, 0.5) is 17.1 Å². The molecule has 0 bridgehead atoms. The number of rotatable bonds is 4. The average Bonchev–Trinajstić information content (AvgIpc) is 2.80. The van der Waals surface area contributed by atoms with E-state index in [4.69, 9.17) is 28.0 Å². The highest BCUT2D eigenvalue weighted by molar-refractivity contribution is 6.68. The van der Waals surface area contributed by atoms with Gasteiger partial charge in [-0.25, -0.2) is 0 Å². The van der Waals surface area contributed by atoms with Gasteiger partial charge in [0.05, 0.1) is 22.8 Å². The van der Waals surface area contributed by atoms with Gasteiger partial charge in [0.25, 0.3) is 0 Å². The van der Waals surface area contributed by atoms with Crippen molar-refractivity contribution in [2.45, 2.75) is 0 Å². The zero-order valence-electron chi connectivity index (χ0n) is 17.2. The van der Waals surface area contributed by atoms with E-state index in [1.54, 1.807) is 24.3 Å². The minimum atomic E-state index is 0.0388. The molecule has 4 rings (SSSR count). The van der Waals surface area contributed by atoms with Crippen LogP contribution in [-0.2, 0) is 0 Å². The number of nitrogens with zero attached hydrogens (tertiary/aromatic N) is 1. The fraction of sp³-hybridized carbons (Fsp3) is 0.0400. The largest absolute Gasteiger partial charge is 0.399 e. The second-order valence-corrected chi connectivity index (χ2v) is 7.39. The molecular weight excluding hydrogens is 384 g/mol. The van der Waals surface area contributed by atoms with E-state index in [-0.39, 0.29) is 11.4 Å². The van der Waals surface area contributed by atoms with Crippen LogP contribution < -0.4 is 22.1 Å². The fourth-order valence-corrected chi connectivity index (χ4v) is 3.69. The van der Waals surface area contributed by atoms with E-state index < -0.39 is 0 Å². The molecule has 154 valence electrons. The summed E-state index contributed by atoms with van der Waals surface area (Å²) in [7, 11) is 2.00. The van der Waals surface area contributed by atoms with Crippen molar-refractivity contribution in [3.05, 3.63) is 101 Å². The summed E-state index contributed by atoms with van der Waals surface area (Å²) in [6.07, 6.45) is 0. The zero-order valence-corrected chi connectivity index (χ0v) is 17.2. The van der Waals surface area contributed by atoms with Crippen LogP contribution in [0.1, 0.15) is 11.1 Å². The van der Waals surface area contributed by atoms with E-state index in [1.165, 1.54) is 0 Å².